The summed E-state index contributed by atoms with van der Waals surface area (Å²) in [6.07, 6.45) is 0. The summed E-state index contributed by atoms with van der Waals surface area (Å²) < 4.78 is 26.1. The summed E-state index contributed by atoms with van der Waals surface area (Å²) in [5.74, 6) is -2.55. The summed E-state index contributed by atoms with van der Waals surface area (Å²) in [7, 11) is 0. The molecule has 2 aromatic carbocycles. The Kier molecular flexibility index (Phi) is 4.12. The van der Waals surface area contributed by atoms with E-state index in [2.05, 4.69) is 10.3 Å². The van der Waals surface area contributed by atoms with Crippen molar-refractivity contribution in [2.45, 2.75) is 13.5 Å². The Morgan fingerprint density at radius 2 is 1.88 bits per heavy atom. The maximum Gasteiger partial charge on any atom is 0.251 e. The van der Waals surface area contributed by atoms with Crippen molar-refractivity contribution in [1.29, 1.82) is 0 Å². The van der Waals surface area contributed by atoms with Gasteiger partial charge in [-0.1, -0.05) is 6.07 Å². The summed E-state index contributed by atoms with van der Waals surface area (Å²) >= 11 is 0. The van der Waals surface area contributed by atoms with Gasteiger partial charge in [0, 0.05) is 23.2 Å². The first-order valence-corrected chi connectivity index (χ1v) is 7.30. The van der Waals surface area contributed by atoms with Gasteiger partial charge in [0.1, 0.15) is 0 Å². The molecule has 0 atom stereocenters. The van der Waals surface area contributed by atoms with Gasteiger partial charge in [-0.25, -0.2) is 8.78 Å². The second-order valence-corrected chi connectivity index (χ2v) is 5.51. The lowest BCUT2D eigenvalue weighted by atomic mass is 10.1. The molecule has 0 saturated carbocycles. The molecule has 122 valence electrons. The van der Waals surface area contributed by atoms with E-state index in [0.717, 1.165) is 23.1 Å². The molecule has 24 heavy (non-hydrogen) atoms. The van der Waals surface area contributed by atoms with Gasteiger partial charge < -0.3 is 10.3 Å². The number of pyridine rings is 1. The minimum absolute atomic E-state index is 0.0508. The first kappa shape index (κ1) is 15.9. The first-order chi connectivity index (χ1) is 11.4. The molecule has 0 fully saturated rings. The molecular formula is C18H14F2N2O2. The van der Waals surface area contributed by atoms with Crippen molar-refractivity contribution in [3.8, 4) is 0 Å². The quantitative estimate of drug-likeness (QED) is 0.776. The van der Waals surface area contributed by atoms with Crippen LogP contribution in [0.5, 0.6) is 0 Å². The zero-order chi connectivity index (χ0) is 17.3. The number of H-pyrrole nitrogens is 1. The van der Waals surface area contributed by atoms with Crippen molar-refractivity contribution in [1.82, 2.24) is 10.3 Å². The summed E-state index contributed by atoms with van der Waals surface area (Å²) in [6.45, 7) is 1.95. The fourth-order valence-corrected chi connectivity index (χ4v) is 2.40. The van der Waals surface area contributed by atoms with Crippen LogP contribution in [0.3, 0.4) is 0 Å². The van der Waals surface area contributed by atoms with Gasteiger partial charge in [-0.3, -0.25) is 9.59 Å². The highest BCUT2D eigenvalue weighted by Crippen LogP contribution is 2.14. The highest BCUT2D eigenvalue weighted by molar-refractivity contribution is 5.94. The van der Waals surface area contributed by atoms with Gasteiger partial charge in [-0.15, -0.1) is 0 Å². The number of aryl methyl sites for hydroxylation is 1. The summed E-state index contributed by atoms with van der Waals surface area (Å²) in [5, 5.41) is 3.51. The predicted molar refractivity (Wildman–Crippen MR) is 86.8 cm³/mol. The lowest BCUT2D eigenvalue weighted by Gasteiger charge is -2.07. The maximum atomic E-state index is 13.2. The molecule has 1 aromatic heterocycles. The van der Waals surface area contributed by atoms with E-state index in [0.29, 0.717) is 11.1 Å². The molecule has 3 rings (SSSR count). The number of nitrogens with one attached hydrogen (secondary N) is 2. The van der Waals surface area contributed by atoms with Crippen LogP contribution in [0.25, 0.3) is 10.9 Å². The Morgan fingerprint density at radius 1 is 1.08 bits per heavy atom. The minimum Gasteiger partial charge on any atom is -0.348 e. The molecule has 0 radical (unpaired) electrons. The molecule has 6 heteroatoms. The number of aromatic amines is 1. The van der Waals surface area contributed by atoms with E-state index in [9.17, 15) is 18.4 Å². The van der Waals surface area contributed by atoms with Gasteiger partial charge >= 0.3 is 0 Å². The molecule has 1 amide bonds. The van der Waals surface area contributed by atoms with E-state index in [1.807, 2.05) is 6.07 Å². The minimum atomic E-state index is -1.06. The molecule has 4 nitrogen and oxygen atoms in total. The number of carbonyl (C=O) groups is 1. The van der Waals surface area contributed by atoms with E-state index in [4.69, 9.17) is 0 Å². The van der Waals surface area contributed by atoms with Crippen LogP contribution in [-0.2, 0) is 6.54 Å². The van der Waals surface area contributed by atoms with Gasteiger partial charge in [-0.2, -0.15) is 0 Å². The van der Waals surface area contributed by atoms with E-state index >= 15 is 0 Å². The standard InChI is InChI=1S/C18H14F2N2O2/c1-10-6-13-7-11(2-5-16(13)22-17(10)23)9-21-18(24)12-3-4-14(19)15(20)8-12/h2-8H,9H2,1H3,(H,21,24)(H,22,23). The molecule has 2 N–H and O–H groups in total. The van der Waals surface area contributed by atoms with Gasteiger partial charge in [0.15, 0.2) is 11.6 Å². The SMILES string of the molecule is Cc1cc2cc(CNC(=O)c3ccc(F)c(F)c3)ccc2[nH]c1=O. The molecule has 0 saturated heterocycles. The number of hydrogen-bond acceptors (Lipinski definition) is 2. The fourth-order valence-electron chi connectivity index (χ4n) is 2.40. The third kappa shape index (κ3) is 3.17. The molecule has 0 spiro atoms. The predicted octanol–water partition coefficient (Wildman–Crippen LogP) is 3.04. The zero-order valence-electron chi connectivity index (χ0n) is 12.8. The number of rotatable bonds is 3. The van der Waals surface area contributed by atoms with Gasteiger partial charge in [0.25, 0.3) is 11.5 Å². The second kappa shape index (κ2) is 6.23. The molecule has 0 aliphatic carbocycles. The Morgan fingerprint density at radius 3 is 2.62 bits per heavy atom. The highest BCUT2D eigenvalue weighted by Gasteiger charge is 2.09. The number of halogens is 2. The van der Waals surface area contributed by atoms with Gasteiger partial charge in [-0.05, 0) is 54.3 Å². The van der Waals surface area contributed by atoms with Crippen LogP contribution in [0.2, 0.25) is 0 Å². The van der Waals surface area contributed by atoms with Crippen LogP contribution in [0.15, 0.2) is 47.3 Å². The van der Waals surface area contributed by atoms with Crippen LogP contribution in [0.4, 0.5) is 8.78 Å². The lowest BCUT2D eigenvalue weighted by Crippen LogP contribution is -2.23. The monoisotopic (exact) mass is 328 g/mol. The largest absolute Gasteiger partial charge is 0.348 e. The first-order valence-electron chi connectivity index (χ1n) is 7.30. The van der Waals surface area contributed by atoms with Crippen molar-refractivity contribution in [3.05, 3.63) is 81.1 Å². The zero-order valence-corrected chi connectivity index (χ0v) is 12.8. The highest BCUT2D eigenvalue weighted by atomic mass is 19.2. The smallest absolute Gasteiger partial charge is 0.251 e. The number of fused-ring (bicyclic) bond motifs is 1. The van der Waals surface area contributed by atoms with Crippen molar-refractivity contribution in [3.63, 3.8) is 0 Å². The average Bonchev–Trinajstić information content (AvgIpc) is 2.56. The molecule has 1 heterocycles. The number of aromatic nitrogens is 1. The molecule has 3 aromatic rings. The summed E-state index contributed by atoms with van der Waals surface area (Å²) in [6, 6.07) is 10.2. The maximum absolute atomic E-state index is 13.2. The normalized spacial score (nSPS) is 10.8. The van der Waals surface area contributed by atoms with Crippen molar-refractivity contribution in [2.75, 3.05) is 0 Å². The number of hydrogen-bond donors (Lipinski definition) is 2. The van der Waals surface area contributed by atoms with Crippen molar-refractivity contribution < 1.29 is 13.6 Å². The van der Waals surface area contributed by atoms with E-state index in [-0.39, 0.29) is 17.7 Å². The Hall–Kier alpha value is -3.02. The third-order valence-corrected chi connectivity index (χ3v) is 3.73. The van der Waals surface area contributed by atoms with Crippen molar-refractivity contribution in [2.24, 2.45) is 0 Å². The van der Waals surface area contributed by atoms with Gasteiger partial charge in [0.2, 0.25) is 0 Å². The number of benzene rings is 2. The van der Waals surface area contributed by atoms with E-state index < -0.39 is 17.5 Å². The fraction of sp³-hybridized carbons (Fsp3) is 0.111. The lowest BCUT2D eigenvalue weighted by molar-refractivity contribution is 0.0950. The number of carbonyl (C=O) groups excluding carboxylic acids is 1. The Balaban J connectivity index is 1.77. The van der Waals surface area contributed by atoms with Gasteiger partial charge in [0.05, 0.1) is 0 Å². The van der Waals surface area contributed by atoms with Crippen molar-refractivity contribution >= 4 is 16.8 Å². The second-order valence-electron chi connectivity index (χ2n) is 5.51. The van der Waals surface area contributed by atoms with Crippen LogP contribution < -0.4 is 10.9 Å². The Bertz CT molecular complexity index is 996. The summed E-state index contributed by atoms with van der Waals surface area (Å²) in [5.41, 5.74) is 2.05. The van der Waals surface area contributed by atoms with Crippen LogP contribution in [0.1, 0.15) is 21.5 Å². The van der Waals surface area contributed by atoms with Crippen LogP contribution in [0, 0.1) is 18.6 Å². The Labute approximate surface area is 136 Å². The molecule has 0 bridgehead atoms. The molecule has 0 unspecified atom stereocenters. The summed E-state index contributed by atoms with van der Waals surface area (Å²) in [4.78, 5) is 26.3. The molecule has 0 aliphatic heterocycles. The van der Waals surface area contributed by atoms with E-state index in [1.165, 1.54) is 6.07 Å². The molecule has 0 aliphatic rings. The van der Waals surface area contributed by atoms with E-state index in [1.54, 1.807) is 25.1 Å². The van der Waals surface area contributed by atoms with Crippen LogP contribution >= 0.6 is 0 Å². The van der Waals surface area contributed by atoms with Crippen LogP contribution in [-0.4, -0.2) is 10.9 Å². The molecular weight excluding hydrogens is 314 g/mol. The average molecular weight is 328 g/mol. The topological polar surface area (TPSA) is 62.0 Å². The third-order valence-electron chi connectivity index (χ3n) is 3.73. The number of amides is 1.